The van der Waals surface area contributed by atoms with Crippen LogP contribution in [0.1, 0.15) is 48.4 Å². The van der Waals surface area contributed by atoms with Crippen LogP contribution < -0.4 is 0 Å². The van der Waals surface area contributed by atoms with Crippen molar-refractivity contribution in [3.8, 4) is 0 Å². The van der Waals surface area contributed by atoms with Gasteiger partial charge in [0.05, 0.1) is 17.2 Å². The van der Waals surface area contributed by atoms with E-state index in [4.69, 9.17) is 9.84 Å². The molecule has 0 bridgehead atoms. The van der Waals surface area contributed by atoms with Crippen molar-refractivity contribution in [1.82, 2.24) is 0 Å². The van der Waals surface area contributed by atoms with Gasteiger partial charge in [0.2, 0.25) is 0 Å². The summed E-state index contributed by atoms with van der Waals surface area (Å²) >= 11 is 0. The second kappa shape index (κ2) is 4.84. The van der Waals surface area contributed by atoms with Crippen molar-refractivity contribution in [2.45, 2.75) is 39.9 Å². The zero-order chi connectivity index (χ0) is 16.0. The average Bonchev–Trinajstić information content (AvgIpc) is 2.43. The first kappa shape index (κ1) is 15.5. The monoisotopic (exact) mass is 292 g/mol. The molecular weight excluding hydrogens is 272 g/mol. The third-order valence-electron chi connectivity index (χ3n) is 4.35. The molecule has 2 rings (SSSR count). The Bertz CT molecular complexity index is 555. The largest absolute Gasteiger partial charge is 0.478 e. The third-order valence-corrected chi connectivity index (χ3v) is 4.35. The molecule has 2 N–H and O–H groups in total. The van der Waals surface area contributed by atoms with Gasteiger partial charge >= 0.3 is 11.9 Å². The molecule has 0 spiro atoms. The Labute approximate surface area is 123 Å². The molecule has 0 aromatic heterocycles. The van der Waals surface area contributed by atoms with Crippen LogP contribution in [0.15, 0.2) is 24.3 Å². The van der Waals surface area contributed by atoms with Crippen LogP contribution in [0.2, 0.25) is 0 Å². The number of hydrogen-bond donors (Lipinski definition) is 2. The van der Waals surface area contributed by atoms with Gasteiger partial charge < -0.3 is 14.9 Å². The molecule has 1 aliphatic carbocycles. The van der Waals surface area contributed by atoms with Crippen molar-refractivity contribution >= 4 is 11.9 Å². The Morgan fingerprint density at radius 3 is 1.86 bits per heavy atom. The van der Waals surface area contributed by atoms with Gasteiger partial charge in [0.25, 0.3) is 0 Å². The van der Waals surface area contributed by atoms with E-state index in [-0.39, 0.29) is 5.56 Å². The Hall–Kier alpha value is -1.88. The van der Waals surface area contributed by atoms with E-state index in [1.54, 1.807) is 0 Å². The maximum Gasteiger partial charge on any atom is 0.338 e. The zero-order valence-electron chi connectivity index (χ0n) is 12.6. The molecule has 0 amide bonds. The number of esters is 1. The first-order valence-electron chi connectivity index (χ1n) is 6.81. The molecule has 21 heavy (non-hydrogen) atoms. The number of rotatable bonds is 3. The fourth-order valence-corrected chi connectivity index (χ4v) is 3.34. The van der Waals surface area contributed by atoms with Crippen LogP contribution in [0.25, 0.3) is 0 Å². The summed E-state index contributed by atoms with van der Waals surface area (Å²) in [6.45, 7) is 7.42. The molecule has 1 fully saturated rings. The predicted octanol–water partition coefficient (Wildman–Crippen LogP) is 2.34. The summed E-state index contributed by atoms with van der Waals surface area (Å²) in [5, 5.41) is 18.9. The maximum atomic E-state index is 12.2. The Balaban J connectivity index is 2.13. The van der Waals surface area contributed by atoms with Gasteiger partial charge in [-0.15, -0.1) is 0 Å². The van der Waals surface area contributed by atoms with Crippen LogP contribution in [-0.2, 0) is 4.74 Å². The number of benzene rings is 1. The molecule has 5 heteroatoms. The van der Waals surface area contributed by atoms with Crippen LogP contribution >= 0.6 is 0 Å². The van der Waals surface area contributed by atoms with Gasteiger partial charge in [0.15, 0.2) is 0 Å². The number of hydrogen-bond acceptors (Lipinski definition) is 4. The summed E-state index contributed by atoms with van der Waals surface area (Å²) in [7, 11) is 0. The highest BCUT2D eigenvalue weighted by Gasteiger charge is 2.63. The summed E-state index contributed by atoms with van der Waals surface area (Å²) in [6, 6.07) is 5.59. The molecule has 0 unspecified atom stereocenters. The van der Waals surface area contributed by atoms with Gasteiger partial charge in [0.1, 0.15) is 6.10 Å². The zero-order valence-corrected chi connectivity index (χ0v) is 12.6. The molecule has 0 aliphatic heterocycles. The van der Waals surface area contributed by atoms with Crippen molar-refractivity contribution in [1.29, 1.82) is 0 Å². The van der Waals surface area contributed by atoms with Crippen LogP contribution in [0.4, 0.5) is 0 Å². The number of carboxylic acids is 1. The van der Waals surface area contributed by atoms with Crippen LogP contribution in [-0.4, -0.2) is 34.4 Å². The Morgan fingerprint density at radius 2 is 1.43 bits per heavy atom. The summed E-state index contributed by atoms with van der Waals surface area (Å²) < 4.78 is 5.53. The van der Waals surface area contributed by atoms with Gasteiger partial charge in [-0.1, -0.05) is 27.7 Å². The van der Waals surface area contributed by atoms with Crippen LogP contribution in [0.3, 0.4) is 0 Å². The lowest BCUT2D eigenvalue weighted by atomic mass is 9.51. The fraction of sp³-hybridized carbons (Fsp3) is 0.500. The third kappa shape index (κ3) is 2.42. The normalized spacial score (nSPS) is 25.8. The number of aromatic carboxylic acids is 1. The van der Waals surface area contributed by atoms with E-state index < -0.39 is 35.0 Å². The van der Waals surface area contributed by atoms with Crippen LogP contribution in [0, 0.1) is 10.8 Å². The van der Waals surface area contributed by atoms with Gasteiger partial charge in [-0.2, -0.15) is 0 Å². The number of aliphatic hydroxyl groups excluding tert-OH is 1. The first-order chi connectivity index (χ1) is 9.58. The Kier molecular flexibility index (Phi) is 3.58. The SMILES string of the molecule is CC1(C)C(O)C(C)(C)C1OC(=O)c1ccc(C(=O)O)cc1. The highest BCUT2D eigenvalue weighted by Crippen LogP contribution is 2.55. The molecule has 5 nitrogen and oxygen atoms in total. The van der Waals surface area contributed by atoms with E-state index >= 15 is 0 Å². The average molecular weight is 292 g/mol. The minimum absolute atomic E-state index is 0.117. The van der Waals surface area contributed by atoms with Gasteiger partial charge in [0, 0.05) is 10.8 Å². The second-order valence-electron chi connectivity index (χ2n) is 6.71. The molecule has 0 radical (unpaired) electrons. The highest BCUT2D eigenvalue weighted by molar-refractivity contribution is 5.92. The summed E-state index contributed by atoms with van der Waals surface area (Å²) in [4.78, 5) is 22.9. The molecule has 114 valence electrons. The molecule has 1 aromatic rings. The molecule has 1 aliphatic rings. The lowest BCUT2D eigenvalue weighted by Crippen LogP contribution is -2.68. The van der Waals surface area contributed by atoms with E-state index in [2.05, 4.69) is 0 Å². The number of carboxylic acid groups (broad SMARTS) is 1. The standard InChI is InChI=1S/C16H20O5/c1-15(2)13(20)16(3,4)14(15)21-12(19)10-7-5-9(6-8-10)11(17)18/h5-8,13-14,20H,1-4H3,(H,17,18). The molecule has 0 atom stereocenters. The predicted molar refractivity (Wildman–Crippen MR) is 76.2 cm³/mol. The minimum Gasteiger partial charge on any atom is -0.478 e. The summed E-state index contributed by atoms with van der Waals surface area (Å²) in [6.07, 6.45) is -0.941. The quantitative estimate of drug-likeness (QED) is 0.835. The smallest absolute Gasteiger partial charge is 0.338 e. The summed E-state index contributed by atoms with van der Waals surface area (Å²) in [5.74, 6) is -1.55. The van der Waals surface area contributed by atoms with Crippen molar-refractivity contribution in [2.75, 3.05) is 0 Å². The topological polar surface area (TPSA) is 83.8 Å². The van der Waals surface area contributed by atoms with Crippen molar-refractivity contribution in [2.24, 2.45) is 10.8 Å². The van der Waals surface area contributed by atoms with Crippen molar-refractivity contribution in [3.05, 3.63) is 35.4 Å². The van der Waals surface area contributed by atoms with E-state index in [1.165, 1.54) is 24.3 Å². The van der Waals surface area contributed by atoms with Crippen LogP contribution in [0.5, 0.6) is 0 Å². The molecular formula is C16H20O5. The number of ether oxygens (including phenoxy) is 1. The number of carbonyl (C=O) groups excluding carboxylic acids is 1. The van der Waals surface area contributed by atoms with E-state index in [9.17, 15) is 14.7 Å². The molecule has 1 aromatic carbocycles. The van der Waals surface area contributed by atoms with Crippen molar-refractivity contribution in [3.63, 3.8) is 0 Å². The van der Waals surface area contributed by atoms with Crippen molar-refractivity contribution < 1.29 is 24.5 Å². The minimum atomic E-state index is -1.04. The number of carbonyl (C=O) groups is 2. The van der Waals surface area contributed by atoms with Gasteiger partial charge in [-0.05, 0) is 24.3 Å². The second-order valence-corrected chi connectivity index (χ2v) is 6.71. The fourth-order valence-electron chi connectivity index (χ4n) is 3.34. The molecule has 0 saturated heterocycles. The van der Waals surface area contributed by atoms with Gasteiger partial charge in [-0.25, -0.2) is 9.59 Å². The molecule has 0 heterocycles. The highest BCUT2D eigenvalue weighted by atomic mass is 16.6. The van der Waals surface area contributed by atoms with E-state index in [1.807, 2.05) is 27.7 Å². The maximum absolute atomic E-state index is 12.2. The summed E-state index contributed by atoms with van der Waals surface area (Å²) in [5.41, 5.74) is -0.584. The lowest BCUT2D eigenvalue weighted by Gasteiger charge is -2.60. The molecule has 1 saturated carbocycles. The van der Waals surface area contributed by atoms with Gasteiger partial charge in [-0.3, -0.25) is 0 Å². The Morgan fingerprint density at radius 1 is 1.00 bits per heavy atom. The van der Waals surface area contributed by atoms with E-state index in [0.717, 1.165) is 0 Å². The first-order valence-corrected chi connectivity index (χ1v) is 6.81. The lowest BCUT2D eigenvalue weighted by molar-refractivity contribution is -0.246. The number of aliphatic hydroxyl groups is 1. The van der Waals surface area contributed by atoms with E-state index in [0.29, 0.717) is 5.56 Å².